The van der Waals surface area contributed by atoms with E-state index in [1.807, 2.05) is 0 Å². The summed E-state index contributed by atoms with van der Waals surface area (Å²) >= 11 is 2.06. The van der Waals surface area contributed by atoms with Gasteiger partial charge in [-0.15, -0.1) is 0 Å². The van der Waals surface area contributed by atoms with Crippen LogP contribution in [0, 0.1) is 0 Å². The van der Waals surface area contributed by atoms with E-state index in [1.165, 1.54) is 43.6 Å². The molecular weight excluding hydrogens is 232 g/mol. The van der Waals surface area contributed by atoms with Gasteiger partial charge in [0.25, 0.3) is 0 Å². The van der Waals surface area contributed by atoms with Gasteiger partial charge in [0.2, 0.25) is 0 Å². The van der Waals surface area contributed by atoms with E-state index in [9.17, 15) is 0 Å². The van der Waals surface area contributed by atoms with Gasteiger partial charge in [-0.3, -0.25) is 4.90 Å². The Bertz CT molecular complexity index is 225. The number of likely N-dealkylation sites (N-methyl/N-ethyl adjacent to an activating group) is 1. The molecule has 2 heterocycles. The fourth-order valence-electron chi connectivity index (χ4n) is 2.94. The largest absolute Gasteiger partial charge is 0.377 e. The van der Waals surface area contributed by atoms with Gasteiger partial charge >= 0.3 is 0 Å². The van der Waals surface area contributed by atoms with Crippen molar-refractivity contribution in [1.29, 1.82) is 0 Å². The van der Waals surface area contributed by atoms with Crippen molar-refractivity contribution in [3.05, 3.63) is 0 Å². The highest BCUT2D eigenvalue weighted by Crippen LogP contribution is 2.31. The minimum Gasteiger partial charge on any atom is -0.377 e. The number of hydrogen-bond donors (Lipinski definition) is 1. The fourth-order valence-corrected chi connectivity index (χ4v) is 4.20. The molecule has 0 saturated carbocycles. The van der Waals surface area contributed by atoms with Crippen LogP contribution in [0.3, 0.4) is 0 Å². The smallest absolute Gasteiger partial charge is 0.0702 e. The fraction of sp³-hybridized carbons (Fsp3) is 1.00. The van der Waals surface area contributed by atoms with E-state index in [0.717, 1.165) is 19.7 Å². The third kappa shape index (κ3) is 3.37. The molecular formula is C13H26N2OS. The van der Waals surface area contributed by atoms with Crippen molar-refractivity contribution in [2.75, 3.05) is 38.2 Å². The molecule has 100 valence electrons. The third-order valence-corrected chi connectivity index (χ3v) is 5.35. The highest BCUT2D eigenvalue weighted by Gasteiger charge is 2.36. The Balaban J connectivity index is 1.89. The minimum absolute atomic E-state index is 0.242. The number of hydrogen-bond acceptors (Lipinski definition) is 4. The Labute approximate surface area is 109 Å². The molecule has 0 aromatic carbocycles. The Kier molecular flexibility index (Phi) is 5.15. The highest BCUT2D eigenvalue weighted by molar-refractivity contribution is 7.99. The van der Waals surface area contributed by atoms with Crippen molar-refractivity contribution in [3.63, 3.8) is 0 Å². The molecule has 1 unspecified atom stereocenters. The van der Waals surface area contributed by atoms with Crippen molar-refractivity contribution >= 4 is 11.8 Å². The summed E-state index contributed by atoms with van der Waals surface area (Å²) in [6.45, 7) is 2.79. The molecule has 2 fully saturated rings. The summed E-state index contributed by atoms with van der Waals surface area (Å²) in [6, 6.07) is 0. The van der Waals surface area contributed by atoms with E-state index >= 15 is 0 Å². The molecule has 0 aliphatic carbocycles. The van der Waals surface area contributed by atoms with Crippen molar-refractivity contribution in [1.82, 2.24) is 4.90 Å². The van der Waals surface area contributed by atoms with Crippen molar-refractivity contribution in [2.24, 2.45) is 5.73 Å². The van der Waals surface area contributed by atoms with Gasteiger partial charge in [-0.1, -0.05) is 0 Å². The van der Waals surface area contributed by atoms with Crippen LogP contribution in [0.1, 0.15) is 32.1 Å². The molecule has 2 rings (SSSR count). The first kappa shape index (κ1) is 13.7. The Morgan fingerprint density at radius 1 is 1.35 bits per heavy atom. The molecule has 0 amide bonds. The van der Waals surface area contributed by atoms with Crippen LogP contribution in [0.25, 0.3) is 0 Å². The zero-order chi connectivity index (χ0) is 12.1. The first-order chi connectivity index (χ1) is 8.27. The average Bonchev–Trinajstić information content (AvgIpc) is 2.40. The average molecular weight is 258 g/mol. The number of thioether (sulfide) groups is 1. The van der Waals surface area contributed by atoms with Crippen LogP contribution in [0.15, 0.2) is 0 Å². The third-order valence-electron chi connectivity index (χ3n) is 4.36. The molecule has 2 N–H and O–H groups in total. The first-order valence-corrected chi connectivity index (χ1v) is 8.03. The van der Waals surface area contributed by atoms with Gasteiger partial charge in [0.05, 0.1) is 6.10 Å². The number of ether oxygens (including phenoxy) is 1. The maximum Gasteiger partial charge on any atom is 0.0702 e. The van der Waals surface area contributed by atoms with Crippen LogP contribution in [0.4, 0.5) is 0 Å². The van der Waals surface area contributed by atoms with Crippen LogP contribution < -0.4 is 5.73 Å². The molecule has 0 spiro atoms. The minimum atomic E-state index is 0.242. The summed E-state index contributed by atoms with van der Waals surface area (Å²) in [6.07, 6.45) is 6.68. The molecule has 0 aromatic rings. The molecule has 0 bridgehead atoms. The monoisotopic (exact) mass is 258 g/mol. The Morgan fingerprint density at radius 3 is 2.71 bits per heavy atom. The summed E-state index contributed by atoms with van der Waals surface area (Å²) in [5.74, 6) is 2.51. The van der Waals surface area contributed by atoms with E-state index in [4.69, 9.17) is 10.5 Å². The standard InChI is InChI=1S/C13H26N2OS/c1-15(10-12-4-2-3-7-16-12)13(11-14)5-8-17-9-6-13/h12H,2-11,14H2,1H3. The Hall–Kier alpha value is 0.230. The summed E-state index contributed by atoms with van der Waals surface area (Å²) < 4.78 is 5.84. The summed E-state index contributed by atoms with van der Waals surface area (Å²) in [7, 11) is 2.24. The molecule has 4 heteroatoms. The molecule has 0 aromatic heterocycles. The molecule has 17 heavy (non-hydrogen) atoms. The predicted octanol–water partition coefficient (Wildman–Crippen LogP) is 1.71. The lowest BCUT2D eigenvalue weighted by Gasteiger charge is -2.45. The second-order valence-electron chi connectivity index (χ2n) is 5.41. The Morgan fingerprint density at radius 2 is 2.12 bits per heavy atom. The van der Waals surface area contributed by atoms with Gasteiger partial charge < -0.3 is 10.5 Å². The van der Waals surface area contributed by atoms with Crippen molar-refractivity contribution in [2.45, 2.75) is 43.7 Å². The molecule has 2 aliphatic heterocycles. The van der Waals surface area contributed by atoms with Gasteiger partial charge in [0.1, 0.15) is 0 Å². The first-order valence-electron chi connectivity index (χ1n) is 6.87. The van der Waals surface area contributed by atoms with E-state index in [2.05, 4.69) is 23.7 Å². The van der Waals surface area contributed by atoms with Crippen LogP contribution in [0.2, 0.25) is 0 Å². The summed E-state index contributed by atoms with van der Waals surface area (Å²) in [4.78, 5) is 2.49. The molecule has 0 radical (unpaired) electrons. The zero-order valence-electron chi connectivity index (χ0n) is 11.0. The van der Waals surface area contributed by atoms with Gasteiger partial charge in [-0.05, 0) is 50.7 Å². The molecule has 2 saturated heterocycles. The maximum atomic E-state index is 6.05. The lowest BCUT2D eigenvalue weighted by molar-refractivity contribution is -0.0241. The second-order valence-corrected chi connectivity index (χ2v) is 6.63. The van der Waals surface area contributed by atoms with Gasteiger partial charge in [0, 0.05) is 25.2 Å². The summed E-state index contributed by atoms with van der Waals surface area (Å²) in [5.41, 5.74) is 6.29. The van der Waals surface area contributed by atoms with E-state index < -0.39 is 0 Å². The van der Waals surface area contributed by atoms with Gasteiger partial charge in [-0.2, -0.15) is 11.8 Å². The number of nitrogens with zero attached hydrogens (tertiary/aromatic N) is 1. The van der Waals surface area contributed by atoms with Gasteiger partial charge in [-0.25, -0.2) is 0 Å². The van der Waals surface area contributed by atoms with Crippen LogP contribution in [-0.4, -0.2) is 54.8 Å². The lowest BCUT2D eigenvalue weighted by atomic mass is 9.90. The van der Waals surface area contributed by atoms with Crippen LogP contribution in [0.5, 0.6) is 0 Å². The zero-order valence-corrected chi connectivity index (χ0v) is 11.8. The predicted molar refractivity (Wildman–Crippen MR) is 74.6 cm³/mol. The van der Waals surface area contributed by atoms with E-state index in [0.29, 0.717) is 6.10 Å². The van der Waals surface area contributed by atoms with E-state index in [1.54, 1.807) is 0 Å². The SMILES string of the molecule is CN(CC1CCCCO1)C1(CN)CCSCC1. The number of rotatable bonds is 4. The van der Waals surface area contributed by atoms with Gasteiger partial charge in [0.15, 0.2) is 0 Å². The van der Waals surface area contributed by atoms with Crippen LogP contribution >= 0.6 is 11.8 Å². The topological polar surface area (TPSA) is 38.5 Å². The lowest BCUT2D eigenvalue weighted by Crippen LogP contribution is -2.56. The molecule has 3 nitrogen and oxygen atoms in total. The maximum absolute atomic E-state index is 6.05. The van der Waals surface area contributed by atoms with E-state index in [-0.39, 0.29) is 5.54 Å². The quantitative estimate of drug-likeness (QED) is 0.833. The highest BCUT2D eigenvalue weighted by atomic mass is 32.2. The molecule has 2 aliphatic rings. The normalized spacial score (nSPS) is 29.5. The summed E-state index contributed by atoms with van der Waals surface area (Å²) in [5, 5.41) is 0. The second kappa shape index (κ2) is 6.41. The van der Waals surface area contributed by atoms with Crippen molar-refractivity contribution in [3.8, 4) is 0 Å². The number of nitrogens with two attached hydrogens (primary N) is 1. The van der Waals surface area contributed by atoms with Crippen molar-refractivity contribution < 1.29 is 4.74 Å². The molecule has 1 atom stereocenters. The van der Waals surface area contributed by atoms with Crippen LogP contribution in [-0.2, 0) is 4.74 Å².